The first kappa shape index (κ1) is 12.8. The maximum absolute atomic E-state index is 12.3. The summed E-state index contributed by atoms with van der Waals surface area (Å²) in [5.41, 5.74) is 6.25. The predicted octanol–water partition coefficient (Wildman–Crippen LogP) is 0.900. The minimum absolute atomic E-state index is 0.0552. The second kappa shape index (κ2) is 5.35. The third kappa shape index (κ3) is 2.61. The Morgan fingerprint density at radius 3 is 2.94 bits per heavy atom. The van der Waals surface area contributed by atoms with Crippen molar-refractivity contribution in [1.29, 1.82) is 0 Å². The number of hydrogen-bond acceptors (Lipinski definition) is 4. The van der Waals surface area contributed by atoms with Gasteiger partial charge in [-0.15, -0.1) is 0 Å². The summed E-state index contributed by atoms with van der Waals surface area (Å²) in [4.78, 5) is 18.0. The zero-order valence-corrected chi connectivity index (χ0v) is 10.8. The Hall–Kier alpha value is -1.62. The molecule has 0 saturated heterocycles. The molecule has 0 bridgehead atoms. The lowest BCUT2D eigenvalue weighted by Gasteiger charge is -2.35. The molecule has 1 heterocycles. The van der Waals surface area contributed by atoms with Crippen LogP contribution in [0.3, 0.4) is 0 Å². The van der Waals surface area contributed by atoms with Crippen molar-refractivity contribution in [2.45, 2.75) is 18.9 Å². The van der Waals surface area contributed by atoms with E-state index in [4.69, 9.17) is 10.5 Å². The fourth-order valence-electron chi connectivity index (χ4n) is 2.33. The van der Waals surface area contributed by atoms with Crippen LogP contribution in [-0.2, 0) is 0 Å². The summed E-state index contributed by atoms with van der Waals surface area (Å²) in [6, 6.07) is 3.78. The summed E-state index contributed by atoms with van der Waals surface area (Å²) in [6.45, 7) is 0.741. The molecular formula is C13H19N3O2. The number of hydrogen-bond donors (Lipinski definition) is 1. The molecule has 1 aliphatic rings. The van der Waals surface area contributed by atoms with Crippen molar-refractivity contribution in [2.24, 2.45) is 11.7 Å². The van der Waals surface area contributed by atoms with E-state index in [-0.39, 0.29) is 5.91 Å². The molecule has 0 atom stereocenters. The van der Waals surface area contributed by atoms with Crippen LogP contribution in [0.4, 0.5) is 0 Å². The zero-order chi connectivity index (χ0) is 13.1. The molecule has 1 aliphatic carbocycles. The summed E-state index contributed by atoms with van der Waals surface area (Å²) in [7, 11) is 3.32. The molecule has 0 spiro atoms. The van der Waals surface area contributed by atoms with Gasteiger partial charge in [-0.05, 0) is 30.9 Å². The van der Waals surface area contributed by atoms with Gasteiger partial charge in [0.05, 0.1) is 7.11 Å². The van der Waals surface area contributed by atoms with Gasteiger partial charge in [-0.1, -0.05) is 0 Å². The Labute approximate surface area is 107 Å². The first-order valence-corrected chi connectivity index (χ1v) is 6.12. The maximum atomic E-state index is 12.3. The van der Waals surface area contributed by atoms with Crippen LogP contribution in [0.15, 0.2) is 18.3 Å². The smallest absolute Gasteiger partial charge is 0.259 e. The largest absolute Gasteiger partial charge is 0.480 e. The van der Waals surface area contributed by atoms with Gasteiger partial charge in [0.1, 0.15) is 5.56 Å². The van der Waals surface area contributed by atoms with Gasteiger partial charge in [0.15, 0.2) is 0 Å². The van der Waals surface area contributed by atoms with Crippen molar-refractivity contribution in [3.05, 3.63) is 23.9 Å². The monoisotopic (exact) mass is 249 g/mol. The van der Waals surface area contributed by atoms with E-state index in [0.717, 1.165) is 19.4 Å². The summed E-state index contributed by atoms with van der Waals surface area (Å²) in [6.07, 6.45) is 3.62. The van der Waals surface area contributed by atoms with Gasteiger partial charge in [0.25, 0.3) is 5.91 Å². The molecule has 98 valence electrons. The van der Waals surface area contributed by atoms with Gasteiger partial charge < -0.3 is 15.4 Å². The van der Waals surface area contributed by atoms with Crippen LogP contribution in [0.2, 0.25) is 0 Å². The molecule has 0 aliphatic heterocycles. The summed E-state index contributed by atoms with van der Waals surface area (Å²) >= 11 is 0. The van der Waals surface area contributed by atoms with E-state index in [9.17, 15) is 4.79 Å². The number of carbonyl (C=O) groups is 1. The number of ether oxygens (including phenoxy) is 1. The number of rotatable bonds is 4. The normalized spacial score (nSPS) is 22.2. The number of nitrogens with two attached hydrogens (primary N) is 1. The molecule has 1 amide bonds. The molecule has 1 aromatic rings. The number of amides is 1. The lowest BCUT2D eigenvalue weighted by Crippen LogP contribution is -2.43. The van der Waals surface area contributed by atoms with Gasteiger partial charge in [0, 0.05) is 25.8 Å². The Morgan fingerprint density at radius 1 is 1.61 bits per heavy atom. The average Bonchev–Trinajstić information content (AvgIpc) is 2.35. The number of methoxy groups -OCH3 is 1. The van der Waals surface area contributed by atoms with Crippen molar-refractivity contribution in [3.8, 4) is 5.88 Å². The van der Waals surface area contributed by atoms with Crippen molar-refractivity contribution in [3.63, 3.8) is 0 Å². The van der Waals surface area contributed by atoms with E-state index in [2.05, 4.69) is 4.98 Å². The second-order valence-corrected chi connectivity index (χ2v) is 4.84. The van der Waals surface area contributed by atoms with Crippen LogP contribution < -0.4 is 10.5 Å². The Balaban J connectivity index is 2.01. The molecule has 0 aromatic carbocycles. The van der Waals surface area contributed by atoms with E-state index in [1.54, 1.807) is 30.3 Å². The fraction of sp³-hybridized carbons (Fsp3) is 0.538. The molecule has 5 nitrogen and oxygen atoms in total. The Kier molecular flexibility index (Phi) is 3.81. The molecular weight excluding hydrogens is 230 g/mol. The van der Waals surface area contributed by atoms with E-state index in [1.807, 2.05) is 0 Å². The molecule has 0 radical (unpaired) electrons. The van der Waals surface area contributed by atoms with Crippen LogP contribution in [-0.4, -0.2) is 42.5 Å². The fourth-order valence-corrected chi connectivity index (χ4v) is 2.33. The third-order valence-corrected chi connectivity index (χ3v) is 3.35. The van der Waals surface area contributed by atoms with E-state index in [0.29, 0.717) is 23.4 Å². The molecule has 1 fully saturated rings. The van der Waals surface area contributed by atoms with Crippen LogP contribution >= 0.6 is 0 Å². The highest BCUT2D eigenvalue weighted by molar-refractivity contribution is 5.96. The molecule has 1 saturated carbocycles. The van der Waals surface area contributed by atoms with E-state index in [1.165, 1.54) is 7.11 Å². The first-order chi connectivity index (χ1) is 8.61. The number of nitrogens with zero attached hydrogens (tertiary/aromatic N) is 2. The van der Waals surface area contributed by atoms with Gasteiger partial charge in [0.2, 0.25) is 5.88 Å². The maximum Gasteiger partial charge on any atom is 0.259 e. The van der Waals surface area contributed by atoms with Gasteiger partial charge in [-0.2, -0.15) is 0 Å². The van der Waals surface area contributed by atoms with E-state index < -0.39 is 0 Å². The van der Waals surface area contributed by atoms with Crippen molar-refractivity contribution in [1.82, 2.24) is 9.88 Å². The second-order valence-electron chi connectivity index (χ2n) is 4.84. The number of aromatic nitrogens is 1. The van der Waals surface area contributed by atoms with Crippen molar-refractivity contribution < 1.29 is 9.53 Å². The van der Waals surface area contributed by atoms with Crippen LogP contribution in [0, 0.1) is 5.92 Å². The van der Waals surface area contributed by atoms with Gasteiger partial charge >= 0.3 is 0 Å². The molecule has 2 N–H and O–H groups in total. The van der Waals surface area contributed by atoms with Crippen molar-refractivity contribution in [2.75, 3.05) is 20.7 Å². The highest BCUT2D eigenvalue weighted by atomic mass is 16.5. The zero-order valence-electron chi connectivity index (χ0n) is 10.8. The first-order valence-electron chi connectivity index (χ1n) is 6.12. The van der Waals surface area contributed by atoms with Crippen molar-refractivity contribution >= 4 is 5.91 Å². The quantitative estimate of drug-likeness (QED) is 0.860. The molecule has 2 rings (SSSR count). The lowest BCUT2D eigenvalue weighted by molar-refractivity contribution is 0.0730. The lowest BCUT2D eigenvalue weighted by atomic mass is 9.80. The summed E-state index contributed by atoms with van der Waals surface area (Å²) < 4.78 is 5.10. The van der Waals surface area contributed by atoms with Crippen LogP contribution in [0.1, 0.15) is 23.2 Å². The topological polar surface area (TPSA) is 68.5 Å². The number of carbonyl (C=O) groups excluding carboxylic acids is 1. The molecule has 5 heteroatoms. The highest BCUT2D eigenvalue weighted by Crippen LogP contribution is 2.27. The summed E-state index contributed by atoms with van der Waals surface area (Å²) in [5, 5.41) is 0. The van der Waals surface area contributed by atoms with Crippen LogP contribution in [0.25, 0.3) is 0 Å². The predicted molar refractivity (Wildman–Crippen MR) is 68.4 cm³/mol. The Morgan fingerprint density at radius 2 is 2.33 bits per heavy atom. The average molecular weight is 249 g/mol. The Bertz CT molecular complexity index is 430. The minimum Gasteiger partial charge on any atom is -0.480 e. The number of pyridine rings is 1. The highest BCUT2D eigenvalue weighted by Gasteiger charge is 2.28. The molecule has 1 aromatic heterocycles. The summed E-state index contributed by atoms with van der Waals surface area (Å²) in [5.74, 6) is 0.844. The minimum atomic E-state index is -0.0552. The van der Waals surface area contributed by atoms with Crippen LogP contribution in [0.5, 0.6) is 5.88 Å². The third-order valence-electron chi connectivity index (χ3n) is 3.35. The molecule has 0 unspecified atom stereocenters. The van der Waals surface area contributed by atoms with E-state index >= 15 is 0 Å². The molecule has 18 heavy (non-hydrogen) atoms. The van der Waals surface area contributed by atoms with Gasteiger partial charge in [-0.3, -0.25) is 4.79 Å². The standard InChI is InChI=1S/C13H19N3O2/c1-16(8-9-6-10(14)7-9)13(17)11-4-3-5-15-12(11)18-2/h3-5,9-10H,6-8,14H2,1-2H3. The van der Waals surface area contributed by atoms with Gasteiger partial charge in [-0.25, -0.2) is 4.98 Å². The SMILES string of the molecule is COc1ncccc1C(=O)N(C)CC1CC(N)C1.